The van der Waals surface area contributed by atoms with Crippen LogP contribution in [0.3, 0.4) is 0 Å². The predicted octanol–water partition coefficient (Wildman–Crippen LogP) is 3.78. The molecule has 14 heavy (non-hydrogen) atoms. The summed E-state index contributed by atoms with van der Waals surface area (Å²) in [6.07, 6.45) is 4.15. The fraction of sp³-hybridized carbons (Fsp3) is 0.0769. The third-order valence-electron chi connectivity index (χ3n) is 2.19. The van der Waals surface area contributed by atoms with Crippen molar-refractivity contribution in [3.8, 4) is 0 Å². The number of benzene rings is 2. The van der Waals surface area contributed by atoms with Crippen molar-refractivity contribution in [1.29, 1.82) is 0 Å². The fourth-order valence-corrected chi connectivity index (χ4v) is 1.61. The van der Waals surface area contributed by atoms with Gasteiger partial charge in [-0.1, -0.05) is 48.6 Å². The normalized spacial score (nSPS) is 11.2. The number of hydrogen-bond donors (Lipinski definition) is 1. The molecule has 0 fully saturated rings. The maximum Gasteiger partial charge on any atom is 0.00858 e. The highest BCUT2D eigenvalue weighted by atomic mass is 32.1. The summed E-state index contributed by atoms with van der Waals surface area (Å²) in [6, 6.07) is 14.8. The predicted molar refractivity (Wildman–Crippen MR) is 66.8 cm³/mol. The van der Waals surface area contributed by atoms with Crippen LogP contribution >= 0.6 is 12.6 Å². The molecule has 0 aliphatic rings. The lowest BCUT2D eigenvalue weighted by Gasteiger charge is -1.98. The maximum atomic E-state index is 4.14. The molecular formula is C13H12S. The molecule has 2 aromatic rings. The molecule has 0 amide bonds. The van der Waals surface area contributed by atoms with Gasteiger partial charge in [-0.05, 0) is 22.4 Å². The zero-order valence-electron chi connectivity index (χ0n) is 7.85. The lowest BCUT2D eigenvalue weighted by atomic mass is 10.1. The van der Waals surface area contributed by atoms with Gasteiger partial charge in [-0.25, -0.2) is 0 Å². The van der Waals surface area contributed by atoms with Gasteiger partial charge < -0.3 is 0 Å². The monoisotopic (exact) mass is 200 g/mol. The molecule has 2 rings (SSSR count). The van der Waals surface area contributed by atoms with Gasteiger partial charge in [0.15, 0.2) is 0 Å². The van der Waals surface area contributed by atoms with E-state index >= 15 is 0 Å². The van der Waals surface area contributed by atoms with E-state index < -0.39 is 0 Å². The number of fused-ring (bicyclic) bond motifs is 1. The average molecular weight is 200 g/mol. The summed E-state index contributed by atoms with van der Waals surface area (Å²) in [5, 5.41) is 2.57. The zero-order valence-corrected chi connectivity index (χ0v) is 8.74. The van der Waals surface area contributed by atoms with E-state index in [2.05, 4.69) is 61.2 Å². The first-order valence-corrected chi connectivity index (χ1v) is 5.29. The topological polar surface area (TPSA) is 0 Å². The molecule has 0 aromatic heterocycles. The van der Waals surface area contributed by atoms with Gasteiger partial charge in [0.25, 0.3) is 0 Å². The zero-order chi connectivity index (χ0) is 9.80. The molecule has 0 bridgehead atoms. The molecule has 70 valence electrons. The third-order valence-corrected chi connectivity index (χ3v) is 2.40. The summed E-state index contributed by atoms with van der Waals surface area (Å²) in [7, 11) is 0. The van der Waals surface area contributed by atoms with Crippen molar-refractivity contribution in [2.24, 2.45) is 0 Å². The molecule has 0 aliphatic heterocycles. The Kier molecular flexibility index (Phi) is 2.90. The van der Waals surface area contributed by atoms with Crippen LogP contribution in [0, 0.1) is 0 Å². The molecule has 0 radical (unpaired) electrons. The second-order valence-corrected chi connectivity index (χ2v) is 3.56. The van der Waals surface area contributed by atoms with Crippen LogP contribution in [0.15, 0.2) is 48.5 Å². The van der Waals surface area contributed by atoms with Gasteiger partial charge in [-0.3, -0.25) is 0 Å². The molecule has 2 aromatic carbocycles. The van der Waals surface area contributed by atoms with Crippen LogP contribution < -0.4 is 0 Å². The standard InChI is InChI=1S/C13H12S/c14-9-3-4-11-7-8-12-5-1-2-6-13(12)10-11/h1-8,10,14H,9H2. The summed E-state index contributed by atoms with van der Waals surface area (Å²) in [5.74, 6) is 0.785. The van der Waals surface area contributed by atoms with Crippen molar-refractivity contribution in [3.63, 3.8) is 0 Å². The Morgan fingerprint density at radius 1 is 1.00 bits per heavy atom. The van der Waals surface area contributed by atoms with Crippen LogP contribution in [0.1, 0.15) is 5.56 Å². The summed E-state index contributed by atoms with van der Waals surface area (Å²) < 4.78 is 0. The van der Waals surface area contributed by atoms with Gasteiger partial charge in [-0.15, -0.1) is 0 Å². The number of rotatable bonds is 2. The Bertz CT molecular complexity index is 457. The first-order chi connectivity index (χ1) is 6.90. The van der Waals surface area contributed by atoms with Crippen molar-refractivity contribution in [3.05, 3.63) is 54.1 Å². The summed E-state index contributed by atoms with van der Waals surface area (Å²) in [5.41, 5.74) is 1.23. The highest BCUT2D eigenvalue weighted by Gasteiger charge is 1.91. The van der Waals surface area contributed by atoms with Crippen LogP contribution in [0.25, 0.3) is 16.8 Å². The first-order valence-electron chi connectivity index (χ1n) is 4.66. The van der Waals surface area contributed by atoms with Crippen LogP contribution in [0.4, 0.5) is 0 Å². The molecule has 0 saturated heterocycles. The SMILES string of the molecule is SCC=Cc1ccc2ccccc2c1. The van der Waals surface area contributed by atoms with E-state index in [-0.39, 0.29) is 0 Å². The van der Waals surface area contributed by atoms with E-state index in [0.717, 1.165) is 5.75 Å². The second kappa shape index (κ2) is 4.34. The van der Waals surface area contributed by atoms with Gasteiger partial charge in [-0.2, -0.15) is 12.6 Å². The molecule has 0 N–H and O–H groups in total. The van der Waals surface area contributed by atoms with Crippen molar-refractivity contribution in [1.82, 2.24) is 0 Å². The molecule has 0 spiro atoms. The van der Waals surface area contributed by atoms with Gasteiger partial charge in [0.1, 0.15) is 0 Å². The van der Waals surface area contributed by atoms with E-state index in [4.69, 9.17) is 0 Å². The highest BCUT2D eigenvalue weighted by Crippen LogP contribution is 2.16. The van der Waals surface area contributed by atoms with E-state index in [1.807, 2.05) is 6.08 Å². The molecule has 0 heterocycles. The van der Waals surface area contributed by atoms with E-state index in [9.17, 15) is 0 Å². The van der Waals surface area contributed by atoms with Gasteiger partial charge in [0.2, 0.25) is 0 Å². The van der Waals surface area contributed by atoms with Crippen LogP contribution in [-0.4, -0.2) is 5.75 Å². The van der Waals surface area contributed by atoms with Gasteiger partial charge in [0.05, 0.1) is 0 Å². The van der Waals surface area contributed by atoms with Crippen molar-refractivity contribution >= 4 is 29.5 Å². The Morgan fingerprint density at radius 2 is 1.79 bits per heavy atom. The molecule has 0 aliphatic carbocycles. The third kappa shape index (κ3) is 1.99. The minimum Gasteiger partial charge on any atom is -0.175 e. The summed E-state index contributed by atoms with van der Waals surface area (Å²) >= 11 is 4.14. The molecule has 0 saturated carbocycles. The molecule has 0 atom stereocenters. The quantitative estimate of drug-likeness (QED) is 0.701. The largest absolute Gasteiger partial charge is 0.175 e. The summed E-state index contributed by atoms with van der Waals surface area (Å²) in [4.78, 5) is 0. The maximum absolute atomic E-state index is 4.14. The van der Waals surface area contributed by atoms with Crippen LogP contribution in [0.2, 0.25) is 0 Å². The smallest absolute Gasteiger partial charge is 0.00858 e. The van der Waals surface area contributed by atoms with Gasteiger partial charge >= 0.3 is 0 Å². The number of hydrogen-bond acceptors (Lipinski definition) is 1. The second-order valence-electron chi connectivity index (χ2n) is 3.19. The van der Waals surface area contributed by atoms with E-state index in [1.54, 1.807) is 0 Å². The molecule has 0 unspecified atom stereocenters. The van der Waals surface area contributed by atoms with E-state index in [0.29, 0.717) is 0 Å². The van der Waals surface area contributed by atoms with Crippen molar-refractivity contribution in [2.75, 3.05) is 5.75 Å². The van der Waals surface area contributed by atoms with Gasteiger partial charge in [0, 0.05) is 5.75 Å². The molecular weight excluding hydrogens is 188 g/mol. The van der Waals surface area contributed by atoms with Crippen molar-refractivity contribution < 1.29 is 0 Å². The Labute approximate surface area is 89.7 Å². The van der Waals surface area contributed by atoms with E-state index in [1.165, 1.54) is 16.3 Å². The average Bonchev–Trinajstić information content (AvgIpc) is 2.26. The van der Waals surface area contributed by atoms with Crippen molar-refractivity contribution in [2.45, 2.75) is 0 Å². The minimum absolute atomic E-state index is 0.785. The fourth-order valence-electron chi connectivity index (χ4n) is 1.50. The lowest BCUT2D eigenvalue weighted by molar-refractivity contribution is 1.69. The highest BCUT2D eigenvalue weighted by molar-refractivity contribution is 7.80. The molecule has 1 heteroatoms. The lowest BCUT2D eigenvalue weighted by Crippen LogP contribution is -1.75. The summed E-state index contributed by atoms with van der Waals surface area (Å²) in [6.45, 7) is 0. The Hall–Kier alpha value is -1.21. The first kappa shape index (κ1) is 9.35. The minimum atomic E-state index is 0.785. The van der Waals surface area contributed by atoms with Crippen LogP contribution in [0.5, 0.6) is 0 Å². The van der Waals surface area contributed by atoms with Crippen LogP contribution in [-0.2, 0) is 0 Å². The Balaban J connectivity index is 2.46. The Morgan fingerprint density at radius 3 is 2.57 bits per heavy atom. The number of thiol groups is 1. The molecule has 0 nitrogen and oxygen atoms in total.